The molecule has 0 aromatic carbocycles. The number of aromatic amines is 1. The van der Waals surface area contributed by atoms with Crippen LogP contribution in [-0.2, 0) is 6.54 Å². The summed E-state index contributed by atoms with van der Waals surface area (Å²) >= 11 is 0. The molecule has 0 aliphatic carbocycles. The van der Waals surface area contributed by atoms with Gasteiger partial charge in [0.1, 0.15) is 11.5 Å². The summed E-state index contributed by atoms with van der Waals surface area (Å²) in [5.74, 6) is 0.202. The van der Waals surface area contributed by atoms with Gasteiger partial charge in [-0.1, -0.05) is 6.07 Å². The van der Waals surface area contributed by atoms with E-state index >= 15 is 0 Å². The Morgan fingerprint density at radius 1 is 1.12 bits per heavy atom. The van der Waals surface area contributed by atoms with Gasteiger partial charge >= 0.3 is 0 Å². The maximum absolute atomic E-state index is 11.5. The number of carbonyl (C=O) groups is 1. The van der Waals surface area contributed by atoms with Gasteiger partial charge in [-0.15, -0.1) is 0 Å². The van der Waals surface area contributed by atoms with Crippen molar-refractivity contribution in [2.75, 3.05) is 5.32 Å². The number of amides is 1. The molecular weight excluding hydrogens is 328 g/mol. The minimum Gasteiger partial charge on any atom is -0.366 e. The van der Waals surface area contributed by atoms with E-state index in [-0.39, 0.29) is 0 Å². The molecule has 4 aromatic heterocycles. The molecular formula is C19H16N6O. The lowest BCUT2D eigenvalue weighted by molar-refractivity contribution is 0.1000. The third-order valence-electron chi connectivity index (χ3n) is 4.03. The molecule has 4 rings (SSSR count). The van der Waals surface area contributed by atoms with E-state index in [4.69, 9.17) is 5.73 Å². The van der Waals surface area contributed by atoms with Gasteiger partial charge in [-0.25, -0.2) is 4.98 Å². The van der Waals surface area contributed by atoms with Crippen LogP contribution in [0, 0.1) is 0 Å². The first-order valence-corrected chi connectivity index (χ1v) is 8.09. The predicted octanol–water partition coefficient (Wildman–Crippen LogP) is 2.73. The van der Waals surface area contributed by atoms with E-state index in [2.05, 4.69) is 25.3 Å². The smallest absolute Gasteiger partial charge is 0.248 e. The number of rotatable bonds is 5. The molecule has 0 bridgehead atoms. The van der Waals surface area contributed by atoms with E-state index in [1.54, 1.807) is 24.5 Å². The molecule has 0 fully saturated rings. The summed E-state index contributed by atoms with van der Waals surface area (Å²) < 4.78 is 0. The van der Waals surface area contributed by atoms with Gasteiger partial charge in [0.2, 0.25) is 5.91 Å². The van der Waals surface area contributed by atoms with Gasteiger partial charge in [-0.2, -0.15) is 0 Å². The average Bonchev–Trinajstić information content (AvgIpc) is 3.15. The van der Waals surface area contributed by atoms with Crippen LogP contribution in [0.2, 0.25) is 0 Å². The second kappa shape index (κ2) is 6.64. The molecule has 0 spiro atoms. The quantitative estimate of drug-likeness (QED) is 0.516. The van der Waals surface area contributed by atoms with Crippen LogP contribution >= 0.6 is 0 Å². The molecule has 4 aromatic rings. The lowest BCUT2D eigenvalue weighted by Gasteiger charge is -2.09. The van der Waals surface area contributed by atoms with Crippen molar-refractivity contribution in [2.24, 2.45) is 5.73 Å². The molecule has 26 heavy (non-hydrogen) atoms. The van der Waals surface area contributed by atoms with Crippen LogP contribution in [-0.4, -0.2) is 25.8 Å². The number of anilines is 1. The molecule has 0 unspecified atom stereocenters. The third kappa shape index (κ3) is 3.10. The SMILES string of the molecule is NC(=O)c1ccnc(-c2cc(NCc3ccccn3)nc3[nH]ccc23)c1. The summed E-state index contributed by atoms with van der Waals surface area (Å²) in [6.45, 7) is 0.550. The Morgan fingerprint density at radius 2 is 2.04 bits per heavy atom. The minimum atomic E-state index is -0.485. The first kappa shape index (κ1) is 15.8. The number of nitrogens with one attached hydrogen (secondary N) is 2. The maximum atomic E-state index is 11.5. The van der Waals surface area contributed by atoms with Crippen LogP contribution < -0.4 is 11.1 Å². The Kier molecular flexibility index (Phi) is 4.03. The van der Waals surface area contributed by atoms with Crippen LogP contribution in [0.4, 0.5) is 5.82 Å². The highest BCUT2D eigenvalue weighted by atomic mass is 16.1. The standard InChI is InChI=1S/C19H16N6O/c20-18(26)12-4-7-22-16(9-12)15-10-17(25-19-14(15)5-8-23-19)24-11-13-3-1-2-6-21-13/h1-10H,11H2,(H2,20,26)(H2,23,24,25). The number of hydrogen-bond acceptors (Lipinski definition) is 5. The number of carbonyl (C=O) groups excluding carboxylic acids is 1. The number of fused-ring (bicyclic) bond motifs is 1. The van der Waals surface area contributed by atoms with Gasteiger partial charge in [-0.3, -0.25) is 14.8 Å². The summed E-state index contributed by atoms with van der Waals surface area (Å²) in [6.07, 6.45) is 5.15. The maximum Gasteiger partial charge on any atom is 0.248 e. The third-order valence-corrected chi connectivity index (χ3v) is 4.03. The largest absolute Gasteiger partial charge is 0.366 e. The molecule has 0 saturated heterocycles. The zero-order chi connectivity index (χ0) is 17.9. The van der Waals surface area contributed by atoms with E-state index < -0.39 is 5.91 Å². The molecule has 7 nitrogen and oxygen atoms in total. The molecule has 0 radical (unpaired) electrons. The molecule has 0 aliphatic heterocycles. The van der Waals surface area contributed by atoms with Crippen LogP contribution in [0.25, 0.3) is 22.3 Å². The predicted molar refractivity (Wildman–Crippen MR) is 99.4 cm³/mol. The van der Waals surface area contributed by atoms with Crippen molar-refractivity contribution >= 4 is 22.8 Å². The average molecular weight is 344 g/mol. The highest BCUT2D eigenvalue weighted by Gasteiger charge is 2.12. The van der Waals surface area contributed by atoms with Crippen molar-refractivity contribution in [3.63, 3.8) is 0 Å². The Balaban J connectivity index is 1.73. The molecule has 0 aliphatic rings. The van der Waals surface area contributed by atoms with Crippen molar-refractivity contribution < 1.29 is 4.79 Å². The van der Waals surface area contributed by atoms with Crippen LogP contribution in [0.3, 0.4) is 0 Å². The summed E-state index contributed by atoms with van der Waals surface area (Å²) in [7, 11) is 0. The number of aromatic nitrogens is 4. The minimum absolute atomic E-state index is 0.415. The number of primary amides is 1. The fourth-order valence-corrected chi connectivity index (χ4v) is 2.76. The van der Waals surface area contributed by atoms with Crippen LogP contribution in [0.15, 0.2) is 61.1 Å². The molecule has 1 amide bonds. The Bertz CT molecular complexity index is 1070. The van der Waals surface area contributed by atoms with E-state index in [1.807, 2.05) is 36.5 Å². The number of nitrogens with two attached hydrogens (primary N) is 1. The zero-order valence-corrected chi connectivity index (χ0v) is 13.8. The van der Waals surface area contributed by atoms with Gasteiger partial charge in [0.25, 0.3) is 0 Å². The topological polar surface area (TPSA) is 110 Å². The van der Waals surface area contributed by atoms with E-state index in [0.717, 1.165) is 22.3 Å². The molecule has 0 atom stereocenters. The normalized spacial score (nSPS) is 10.8. The molecule has 4 heterocycles. The van der Waals surface area contributed by atoms with E-state index in [0.29, 0.717) is 23.6 Å². The Hall–Kier alpha value is -3.74. The first-order chi connectivity index (χ1) is 12.7. The fraction of sp³-hybridized carbons (Fsp3) is 0.0526. The van der Waals surface area contributed by atoms with Gasteiger partial charge in [0.05, 0.1) is 17.9 Å². The van der Waals surface area contributed by atoms with Crippen molar-refractivity contribution in [1.29, 1.82) is 0 Å². The monoisotopic (exact) mass is 344 g/mol. The first-order valence-electron chi connectivity index (χ1n) is 8.09. The molecule has 4 N–H and O–H groups in total. The van der Waals surface area contributed by atoms with Crippen LogP contribution in [0.1, 0.15) is 16.1 Å². The number of nitrogens with zero attached hydrogens (tertiary/aromatic N) is 3. The number of H-pyrrole nitrogens is 1. The van der Waals surface area contributed by atoms with Crippen molar-refractivity contribution in [2.45, 2.75) is 6.54 Å². The number of hydrogen-bond donors (Lipinski definition) is 3. The Labute approximate surface area is 149 Å². The molecule has 0 saturated carbocycles. The highest BCUT2D eigenvalue weighted by molar-refractivity contribution is 5.97. The highest BCUT2D eigenvalue weighted by Crippen LogP contribution is 2.29. The summed E-state index contributed by atoms with van der Waals surface area (Å²) in [6, 6.07) is 12.9. The van der Waals surface area contributed by atoms with Gasteiger partial charge in [0, 0.05) is 35.1 Å². The Morgan fingerprint density at radius 3 is 2.85 bits per heavy atom. The lowest BCUT2D eigenvalue weighted by atomic mass is 10.1. The van der Waals surface area contributed by atoms with Crippen molar-refractivity contribution in [3.05, 3.63) is 72.3 Å². The van der Waals surface area contributed by atoms with Gasteiger partial charge in [0.15, 0.2) is 0 Å². The fourth-order valence-electron chi connectivity index (χ4n) is 2.76. The molecule has 128 valence electrons. The summed E-state index contributed by atoms with van der Waals surface area (Å²) in [5, 5.41) is 4.20. The zero-order valence-electron chi connectivity index (χ0n) is 13.8. The van der Waals surface area contributed by atoms with Crippen molar-refractivity contribution in [3.8, 4) is 11.3 Å². The van der Waals surface area contributed by atoms with E-state index in [1.165, 1.54) is 0 Å². The second-order valence-electron chi connectivity index (χ2n) is 5.76. The molecule has 7 heteroatoms. The summed E-state index contributed by atoms with van der Waals surface area (Å²) in [4.78, 5) is 27.9. The summed E-state index contributed by atoms with van der Waals surface area (Å²) in [5.41, 5.74) is 8.98. The van der Waals surface area contributed by atoms with Crippen molar-refractivity contribution in [1.82, 2.24) is 19.9 Å². The van der Waals surface area contributed by atoms with E-state index in [9.17, 15) is 4.79 Å². The lowest BCUT2D eigenvalue weighted by Crippen LogP contribution is -2.11. The number of pyridine rings is 3. The van der Waals surface area contributed by atoms with Gasteiger partial charge in [-0.05, 0) is 36.4 Å². The second-order valence-corrected chi connectivity index (χ2v) is 5.76. The van der Waals surface area contributed by atoms with Crippen LogP contribution in [0.5, 0.6) is 0 Å². The van der Waals surface area contributed by atoms with Gasteiger partial charge < -0.3 is 16.0 Å².